The Labute approximate surface area is 228 Å². The van der Waals surface area contributed by atoms with Crippen molar-refractivity contribution in [2.45, 2.75) is 93.0 Å². The summed E-state index contributed by atoms with van der Waals surface area (Å²) in [7, 11) is 0.500. The summed E-state index contributed by atoms with van der Waals surface area (Å²) in [4.78, 5) is 25.1. The molecule has 0 unspecified atom stereocenters. The van der Waals surface area contributed by atoms with Crippen molar-refractivity contribution in [1.29, 1.82) is 0 Å². The summed E-state index contributed by atoms with van der Waals surface area (Å²) in [5.41, 5.74) is 5.38. The van der Waals surface area contributed by atoms with E-state index in [-0.39, 0.29) is 37.2 Å². The predicted molar refractivity (Wildman–Crippen MR) is 154 cm³/mol. The van der Waals surface area contributed by atoms with Crippen molar-refractivity contribution in [1.82, 2.24) is 0 Å². The van der Waals surface area contributed by atoms with Gasteiger partial charge in [0.25, 0.3) is 6.43 Å². The Hall–Kier alpha value is -2.67. The van der Waals surface area contributed by atoms with E-state index in [2.05, 4.69) is 59.4 Å². The van der Waals surface area contributed by atoms with Crippen molar-refractivity contribution < 1.29 is 27.5 Å². The average molecular weight is 540 g/mol. The molecule has 0 saturated carbocycles. The first-order valence-electron chi connectivity index (χ1n) is 12.4. The number of anilines is 1. The van der Waals surface area contributed by atoms with E-state index in [0.717, 1.165) is 16.8 Å². The third-order valence-corrected chi connectivity index (χ3v) is 5.62. The molecule has 0 atom stereocenters. The van der Waals surface area contributed by atoms with Gasteiger partial charge in [0.05, 0.1) is 13.8 Å². The summed E-state index contributed by atoms with van der Waals surface area (Å²) >= 11 is 0. The molecule has 0 N–H and O–H groups in total. The molecule has 1 aliphatic rings. The smallest absolute Gasteiger partial charge is 0.261 e. The second-order valence-electron chi connectivity index (χ2n) is 10.0. The number of nitrogens with zero attached hydrogens (tertiary/aromatic N) is 1. The van der Waals surface area contributed by atoms with Crippen LogP contribution in [-0.4, -0.2) is 44.5 Å². The number of hydrogen-bond donors (Lipinski definition) is 0. The van der Waals surface area contributed by atoms with Gasteiger partial charge in [0.1, 0.15) is 12.4 Å². The number of hydrogen-bond acceptors (Lipinski definition) is 3. The number of Topliss-reactive ketones (excluding diaryl/α,β-unsaturated/α-hetero) is 1. The molecule has 4 nitrogen and oxygen atoms in total. The Morgan fingerprint density at radius 1 is 1.18 bits per heavy atom. The fourth-order valence-electron chi connectivity index (χ4n) is 4.00. The molecule has 0 aliphatic carbocycles. The minimum Gasteiger partial charge on any atom is -0.371 e. The molecule has 0 aromatic heterocycles. The fourth-order valence-corrected chi connectivity index (χ4v) is 4.00. The first kappa shape index (κ1) is 37.5. The lowest BCUT2D eigenvalue weighted by atomic mass is 9.76. The van der Waals surface area contributed by atoms with Crippen LogP contribution in [0, 0.1) is 6.92 Å². The maximum atomic E-state index is 12.2. The van der Waals surface area contributed by atoms with Crippen LogP contribution in [-0.2, 0) is 19.7 Å². The van der Waals surface area contributed by atoms with Gasteiger partial charge in [0, 0.05) is 30.0 Å². The van der Waals surface area contributed by atoms with E-state index in [0.29, 0.717) is 26.4 Å². The average Bonchev–Trinajstić information content (AvgIpc) is 2.79. The lowest BCUT2D eigenvalue weighted by Gasteiger charge is -2.40. The number of alkyl halides is 3. The van der Waals surface area contributed by atoms with Crippen LogP contribution in [0.3, 0.4) is 0 Å². The third kappa shape index (κ3) is 13.2. The molecule has 2 rings (SSSR count). The zero-order valence-electron chi connectivity index (χ0n) is 23.7. The molecule has 0 spiro atoms. The number of benzene rings is 1. The number of aryl methyl sites for hydroxylation is 1. The van der Waals surface area contributed by atoms with Crippen molar-refractivity contribution in [2.24, 2.45) is 0 Å². The van der Waals surface area contributed by atoms with Gasteiger partial charge in [0.15, 0.2) is 0 Å². The standard InChI is InChI=1S/C15H21NO.C14H20F2O2.CH3F.CH4/c1-10(2)16-13-7-6-11(3)8-12(13)15(4,5)9-14(16)17;1-4-5-13(7-6-12(3)17)8-11(2)9-18-10-14(15)16;1-2;/h6-8,10H,9H2,1-5H3;4-5,8,14H,1,6-7,9-10H2,2-3H3;1H3;1H4/b;11-8-,13-5-;;. The van der Waals surface area contributed by atoms with Gasteiger partial charge in [-0.1, -0.05) is 63.8 Å². The van der Waals surface area contributed by atoms with Gasteiger partial charge >= 0.3 is 0 Å². The van der Waals surface area contributed by atoms with Crippen LogP contribution in [0.2, 0.25) is 0 Å². The molecule has 0 bridgehead atoms. The van der Waals surface area contributed by atoms with E-state index in [1.165, 1.54) is 18.1 Å². The lowest BCUT2D eigenvalue weighted by molar-refractivity contribution is -0.120. The molecule has 38 heavy (non-hydrogen) atoms. The number of amides is 1. The number of rotatable bonds is 10. The number of fused-ring (bicyclic) bond motifs is 1. The highest BCUT2D eigenvalue weighted by Crippen LogP contribution is 2.41. The Morgan fingerprint density at radius 2 is 1.79 bits per heavy atom. The highest BCUT2D eigenvalue weighted by molar-refractivity contribution is 5.98. The monoisotopic (exact) mass is 539 g/mol. The molecule has 1 heterocycles. The minimum atomic E-state index is -2.45. The molecule has 0 radical (unpaired) electrons. The molecule has 1 aliphatic heterocycles. The van der Waals surface area contributed by atoms with E-state index in [1.807, 2.05) is 11.0 Å². The topological polar surface area (TPSA) is 46.6 Å². The molecular formula is C31H48F3NO3. The zero-order valence-corrected chi connectivity index (χ0v) is 23.7. The van der Waals surface area contributed by atoms with Gasteiger partial charge in [-0.25, -0.2) is 8.78 Å². The molecule has 7 heteroatoms. The summed E-state index contributed by atoms with van der Waals surface area (Å²) < 4.78 is 38.1. The number of allylic oxidation sites excluding steroid dienone is 4. The van der Waals surface area contributed by atoms with Gasteiger partial charge in [-0.3, -0.25) is 9.18 Å². The molecule has 0 saturated heterocycles. The Kier molecular flexibility index (Phi) is 18.3. The van der Waals surface area contributed by atoms with E-state index >= 15 is 0 Å². The first-order chi connectivity index (χ1) is 17.3. The van der Waals surface area contributed by atoms with Crippen LogP contribution in [0.25, 0.3) is 0 Å². The van der Waals surface area contributed by atoms with E-state index < -0.39 is 13.0 Å². The summed E-state index contributed by atoms with van der Waals surface area (Å²) in [6, 6.07) is 6.61. The van der Waals surface area contributed by atoms with Crippen molar-refractivity contribution in [3.05, 3.63) is 65.3 Å². The van der Waals surface area contributed by atoms with Gasteiger partial charge in [-0.15, -0.1) is 0 Å². The fraction of sp³-hybridized carbons (Fsp3) is 0.548. The first-order valence-corrected chi connectivity index (χ1v) is 12.4. The lowest BCUT2D eigenvalue weighted by Crippen LogP contribution is -2.45. The van der Waals surface area contributed by atoms with E-state index in [1.54, 1.807) is 19.1 Å². The van der Waals surface area contributed by atoms with Crippen molar-refractivity contribution in [3.63, 3.8) is 0 Å². The minimum absolute atomic E-state index is 0. The SMILES string of the molecule is C.C=C/C=C(\C=C(\C)COCC(F)F)CCC(C)=O.CF.Cc1ccc2c(c1)C(C)(C)CC(=O)N2C(C)C. The number of carbonyl (C=O) groups is 2. The maximum Gasteiger partial charge on any atom is 0.261 e. The second kappa shape index (κ2) is 18.6. The summed E-state index contributed by atoms with van der Waals surface area (Å²) in [6.45, 7) is 17.1. The highest BCUT2D eigenvalue weighted by Gasteiger charge is 2.37. The predicted octanol–water partition coefficient (Wildman–Crippen LogP) is 8.34. The van der Waals surface area contributed by atoms with Crippen molar-refractivity contribution in [2.75, 3.05) is 25.3 Å². The Balaban J connectivity index is 0. The number of ketones is 1. The van der Waals surface area contributed by atoms with Crippen LogP contribution in [0.15, 0.2) is 54.2 Å². The largest absolute Gasteiger partial charge is 0.371 e. The molecule has 1 amide bonds. The van der Waals surface area contributed by atoms with E-state index in [9.17, 15) is 22.8 Å². The van der Waals surface area contributed by atoms with Crippen LogP contribution >= 0.6 is 0 Å². The number of halogens is 3. The molecule has 0 fully saturated rings. The van der Waals surface area contributed by atoms with Gasteiger partial charge < -0.3 is 14.4 Å². The summed E-state index contributed by atoms with van der Waals surface area (Å²) in [5.74, 6) is 0.353. The molecular weight excluding hydrogens is 491 g/mol. The van der Waals surface area contributed by atoms with Crippen molar-refractivity contribution >= 4 is 17.4 Å². The van der Waals surface area contributed by atoms with Gasteiger partial charge in [0.2, 0.25) is 5.91 Å². The molecule has 1 aromatic carbocycles. The molecule has 1 aromatic rings. The maximum absolute atomic E-state index is 12.2. The van der Waals surface area contributed by atoms with Crippen LogP contribution in [0.1, 0.15) is 79.4 Å². The zero-order chi connectivity index (χ0) is 28.8. The summed E-state index contributed by atoms with van der Waals surface area (Å²) in [6.07, 6.45) is 4.52. The molecule has 216 valence electrons. The number of carbonyl (C=O) groups excluding carboxylic acids is 2. The Bertz CT molecular complexity index is 950. The van der Waals surface area contributed by atoms with Crippen LogP contribution in [0.4, 0.5) is 18.9 Å². The summed E-state index contributed by atoms with van der Waals surface area (Å²) in [5, 5.41) is 0. The van der Waals surface area contributed by atoms with Gasteiger partial charge in [-0.2, -0.15) is 0 Å². The van der Waals surface area contributed by atoms with Crippen LogP contribution < -0.4 is 4.90 Å². The normalized spacial score (nSPS) is 14.6. The van der Waals surface area contributed by atoms with Gasteiger partial charge in [-0.05, 0) is 63.8 Å². The van der Waals surface area contributed by atoms with Crippen molar-refractivity contribution in [3.8, 4) is 0 Å². The quantitative estimate of drug-likeness (QED) is 0.281. The van der Waals surface area contributed by atoms with Crippen LogP contribution in [0.5, 0.6) is 0 Å². The Morgan fingerprint density at radius 3 is 2.29 bits per heavy atom. The number of ether oxygens (including phenoxy) is 1. The van der Waals surface area contributed by atoms with E-state index in [4.69, 9.17) is 4.74 Å². The highest BCUT2D eigenvalue weighted by atomic mass is 19.3. The third-order valence-electron chi connectivity index (χ3n) is 5.62. The second-order valence-corrected chi connectivity index (χ2v) is 10.0.